The molecule has 16 heavy (non-hydrogen) atoms. The minimum absolute atomic E-state index is 0.651. The molecule has 0 saturated heterocycles. The topological polar surface area (TPSA) is 26.0 Å². The maximum Gasteiger partial charge on any atom is 0.0178 e. The van der Waals surface area contributed by atoms with Crippen LogP contribution in [0, 0.1) is 0 Å². The van der Waals surface area contributed by atoms with Gasteiger partial charge in [-0.25, -0.2) is 0 Å². The first kappa shape index (κ1) is 11.4. The molecule has 1 heteroatoms. The lowest BCUT2D eigenvalue weighted by atomic mass is 9.90. The van der Waals surface area contributed by atoms with E-state index in [1.807, 2.05) is 0 Å². The van der Waals surface area contributed by atoms with E-state index in [-0.39, 0.29) is 0 Å². The number of hydrogen-bond donors (Lipinski definition) is 1. The fourth-order valence-corrected chi connectivity index (χ4v) is 2.49. The predicted octanol–water partition coefficient (Wildman–Crippen LogP) is 3.75. The second-order valence-corrected chi connectivity index (χ2v) is 4.81. The van der Waals surface area contributed by atoms with Gasteiger partial charge in [-0.1, -0.05) is 35.9 Å². The maximum atomic E-state index is 5.69. The fraction of sp³-hybridized carbons (Fsp3) is 0.467. The average molecular weight is 215 g/mol. The van der Waals surface area contributed by atoms with E-state index < -0.39 is 0 Å². The Hall–Kier alpha value is -1.08. The van der Waals surface area contributed by atoms with E-state index >= 15 is 0 Å². The van der Waals surface area contributed by atoms with Crippen molar-refractivity contribution in [3.63, 3.8) is 0 Å². The number of nitrogens with two attached hydrogens (primary N) is 1. The summed E-state index contributed by atoms with van der Waals surface area (Å²) in [6.07, 6.45) is 7.44. The Labute approximate surface area is 98.4 Å². The van der Waals surface area contributed by atoms with E-state index in [0.29, 0.717) is 6.54 Å². The number of rotatable bonds is 2. The van der Waals surface area contributed by atoms with Crippen LogP contribution in [0.2, 0.25) is 0 Å². The highest BCUT2D eigenvalue weighted by atomic mass is 14.5. The van der Waals surface area contributed by atoms with Crippen LogP contribution in [0.25, 0.3) is 0 Å². The van der Waals surface area contributed by atoms with Crippen molar-refractivity contribution in [1.29, 1.82) is 0 Å². The van der Waals surface area contributed by atoms with E-state index in [9.17, 15) is 0 Å². The lowest BCUT2D eigenvalue weighted by molar-refractivity contribution is 0.598. The van der Waals surface area contributed by atoms with Gasteiger partial charge in [-0.2, -0.15) is 0 Å². The second-order valence-electron chi connectivity index (χ2n) is 4.81. The molecule has 1 unspecified atom stereocenters. The molecule has 1 atom stereocenters. The molecule has 2 N–H and O–H groups in total. The molecule has 0 bridgehead atoms. The zero-order chi connectivity index (χ0) is 11.4. The lowest BCUT2D eigenvalue weighted by Crippen LogP contribution is -2.01. The van der Waals surface area contributed by atoms with Crippen molar-refractivity contribution >= 4 is 0 Å². The van der Waals surface area contributed by atoms with Crippen LogP contribution < -0.4 is 5.73 Å². The van der Waals surface area contributed by atoms with Crippen LogP contribution in [0.1, 0.15) is 49.7 Å². The summed E-state index contributed by atoms with van der Waals surface area (Å²) in [5, 5.41) is 0. The third kappa shape index (κ3) is 2.73. The molecule has 1 nitrogen and oxygen atoms in total. The van der Waals surface area contributed by atoms with Crippen molar-refractivity contribution in [2.75, 3.05) is 0 Å². The number of hydrogen-bond acceptors (Lipinski definition) is 1. The Bertz CT molecular complexity index is 379. The standard InChI is InChI=1S/C15H21N/c1-12-4-2-6-14(9-8-12)15-7-3-5-13(10-15)11-16/h3-5,7,10,14H,2,6,8-9,11,16H2,1H3. The first-order valence-corrected chi connectivity index (χ1v) is 6.24. The van der Waals surface area contributed by atoms with Crippen molar-refractivity contribution in [3.05, 3.63) is 47.0 Å². The van der Waals surface area contributed by atoms with E-state index in [4.69, 9.17) is 5.73 Å². The smallest absolute Gasteiger partial charge is 0.0178 e. The molecule has 1 aromatic carbocycles. The van der Waals surface area contributed by atoms with E-state index in [1.54, 1.807) is 5.57 Å². The minimum Gasteiger partial charge on any atom is -0.326 e. The monoisotopic (exact) mass is 215 g/mol. The van der Waals surface area contributed by atoms with Crippen LogP contribution in [0.15, 0.2) is 35.9 Å². The third-order valence-corrected chi connectivity index (χ3v) is 3.55. The van der Waals surface area contributed by atoms with Gasteiger partial charge in [0, 0.05) is 6.54 Å². The van der Waals surface area contributed by atoms with E-state index in [2.05, 4.69) is 37.3 Å². The molecule has 2 rings (SSSR count). The van der Waals surface area contributed by atoms with Crippen LogP contribution in [0.3, 0.4) is 0 Å². The lowest BCUT2D eigenvalue weighted by Gasteiger charge is -2.15. The molecule has 0 heterocycles. The fourth-order valence-electron chi connectivity index (χ4n) is 2.49. The molecule has 0 saturated carbocycles. The largest absolute Gasteiger partial charge is 0.326 e. The molecule has 0 aromatic heterocycles. The normalized spacial score (nSPS) is 21.4. The van der Waals surface area contributed by atoms with Crippen LogP contribution in [-0.4, -0.2) is 0 Å². The van der Waals surface area contributed by atoms with Crippen molar-refractivity contribution in [2.45, 2.75) is 45.1 Å². The highest BCUT2D eigenvalue weighted by Crippen LogP contribution is 2.31. The summed E-state index contributed by atoms with van der Waals surface area (Å²) in [7, 11) is 0. The van der Waals surface area contributed by atoms with Gasteiger partial charge in [0.2, 0.25) is 0 Å². The summed E-state index contributed by atoms with van der Waals surface area (Å²) in [6, 6.07) is 8.79. The number of benzene rings is 1. The van der Waals surface area contributed by atoms with Gasteiger partial charge in [-0.05, 0) is 49.7 Å². The Balaban J connectivity index is 2.12. The number of allylic oxidation sites excluding steroid dienone is 2. The molecule has 1 aliphatic rings. The molecule has 0 radical (unpaired) electrons. The Morgan fingerprint density at radius 1 is 1.31 bits per heavy atom. The zero-order valence-electron chi connectivity index (χ0n) is 10.1. The van der Waals surface area contributed by atoms with Gasteiger partial charge in [-0.15, -0.1) is 0 Å². The molecule has 0 aliphatic heterocycles. The van der Waals surface area contributed by atoms with Gasteiger partial charge in [-0.3, -0.25) is 0 Å². The molecule has 1 aromatic rings. The summed E-state index contributed by atoms with van der Waals surface area (Å²) in [5.74, 6) is 0.722. The quantitative estimate of drug-likeness (QED) is 0.747. The van der Waals surface area contributed by atoms with E-state index in [0.717, 1.165) is 5.92 Å². The van der Waals surface area contributed by atoms with Crippen molar-refractivity contribution < 1.29 is 0 Å². The molecule has 0 amide bonds. The summed E-state index contributed by atoms with van der Waals surface area (Å²) in [5.41, 5.74) is 9.98. The molecular formula is C15H21N. The molecule has 86 valence electrons. The summed E-state index contributed by atoms with van der Waals surface area (Å²) < 4.78 is 0. The first-order valence-electron chi connectivity index (χ1n) is 6.24. The SMILES string of the molecule is CC1=CCCC(c2cccc(CN)c2)CC1. The average Bonchev–Trinajstić information content (AvgIpc) is 2.54. The predicted molar refractivity (Wildman–Crippen MR) is 69.3 cm³/mol. The van der Waals surface area contributed by atoms with Crippen LogP contribution in [0.5, 0.6) is 0 Å². The van der Waals surface area contributed by atoms with Gasteiger partial charge in [0.25, 0.3) is 0 Å². The van der Waals surface area contributed by atoms with Gasteiger partial charge in [0.1, 0.15) is 0 Å². The van der Waals surface area contributed by atoms with Gasteiger partial charge in [0.15, 0.2) is 0 Å². The Morgan fingerprint density at radius 2 is 2.19 bits per heavy atom. The highest BCUT2D eigenvalue weighted by molar-refractivity contribution is 5.27. The van der Waals surface area contributed by atoms with E-state index in [1.165, 1.54) is 36.8 Å². The third-order valence-electron chi connectivity index (χ3n) is 3.55. The van der Waals surface area contributed by atoms with Gasteiger partial charge in [0.05, 0.1) is 0 Å². The van der Waals surface area contributed by atoms with Gasteiger partial charge >= 0.3 is 0 Å². The highest BCUT2D eigenvalue weighted by Gasteiger charge is 2.13. The van der Waals surface area contributed by atoms with Crippen molar-refractivity contribution in [1.82, 2.24) is 0 Å². The molecular weight excluding hydrogens is 194 g/mol. The summed E-state index contributed by atoms with van der Waals surface area (Å²) >= 11 is 0. The minimum atomic E-state index is 0.651. The van der Waals surface area contributed by atoms with Crippen LogP contribution in [0.4, 0.5) is 0 Å². The van der Waals surface area contributed by atoms with Gasteiger partial charge < -0.3 is 5.73 Å². The molecule has 0 fully saturated rings. The first-order chi connectivity index (χ1) is 7.79. The van der Waals surface area contributed by atoms with Crippen molar-refractivity contribution in [2.24, 2.45) is 5.73 Å². The maximum absolute atomic E-state index is 5.69. The molecule has 1 aliphatic carbocycles. The Morgan fingerprint density at radius 3 is 3.00 bits per heavy atom. The summed E-state index contributed by atoms with van der Waals surface area (Å²) in [4.78, 5) is 0. The second kappa shape index (κ2) is 5.31. The van der Waals surface area contributed by atoms with Crippen molar-refractivity contribution in [3.8, 4) is 0 Å². The Kier molecular flexibility index (Phi) is 3.79. The van der Waals surface area contributed by atoms with Crippen LogP contribution in [-0.2, 0) is 6.54 Å². The summed E-state index contributed by atoms with van der Waals surface area (Å²) in [6.45, 7) is 2.90. The zero-order valence-corrected chi connectivity index (χ0v) is 10.1. The van der Waals surface area contributed by atoms with Crippen LogP contribution >= 0.6 is 0 Å². The molecule has 0 spiro atoms.